The molecule has 0 aromatic carbocycles. The number of methoxy groups -OCH3 is 1. The first-order chi connectivity index (χ1) is 9.93. The van der Waals surface area contributed by atoms with Crippen molar-refractivity contribution in [3.05, 3.63) is 23.9 Å². The molecule has 114 valence electrons. The number of hydrogen-bond acceptors (Lipinski definition) is 5. The molecule has 1 N–H and O–H groups in total. The maximum Gasteiger partial charge on any atom is 0.326 e. The number of aromatic nitrogens is 1. The second-order valence-corrected chi connectivity index (χ2v) is 5.20. The summed E-state index contributed by atoms with van der Waals surface area (Å²) in [4.78, 5) is 30.5. The molecule has 1 fully saturated rings. The van der Waals surface area contributed by atoms with Gasteiger partial charge in [-0.1, -0.05) is 0 Å². The first-order valence-electron chi connectivity index (χ1n) is 6.64. The van der Waals surface area contributed by atoms with Crippen molar-refractivity contribution in [3.63, 3.8) is 0 Å². The molecule has 0 spiro atoms. The van der Waals surface area contributed by atoms with Crippen LogP contribution in [0.3, 0.4) is 0 Å². The Hall–Kier alpha value is -2.15. The zero-order chi connectivity index (χ0) is 15.6. The number of carboxylic acid groups (broad SMARTS) is 1. The van der Waals surface area contributed by atoms with Gasteiger partial charge in [0.15, 0.2) is 0 Å². The number of carbonyl (C=O) groups excluding carboxylic acids is 1. The highest BCUT2D eigenvalue weighted by atomic mass is 16.5. The lowest BCUT2D eigenvalue weighted by atomic mass is 10.2. The monoisotopic (exact) mass is 293 g/mol. The molecule has 0 radical (unpaired) electrons. The topological polar surface area (TPSA) is 83.0 Å². The molecule has 1 aliphatic heterocycles. The molecule has 1 amide bonds. The van der Waals surface area contributed by atoms with Gasteiger partial charge >= 0.3 is 5.97 Å². The molecule has 0 saturated carbocycles. The molecule has 2 heterocycles. The van der Waals surface area contributed by atoms with Gasteiger partial charge in [0.25, 0.3) is 5.91 Å². The van der Waals surface area contributed by atoms with Crippen LogP contribution in [0.5, 0.6) is 0 Å². The highest BCUT2D eigenvalue weighted by Crippen LogP contribution is 2.25. The van der Waals surface area contributed by atoms with E-state index in [0.717, 1.165) is 0 Å². The van der Waals surface area contributed by atoms with Crippen molar-refractivity contribution in [3.8, 4) is 0 Å². The van der Waals surface area contributed by atoms with Gasteiger partial charge in [-0.25, -0.2) is 9.78 Å². The molecule has 2 atom stereocenters. The molecule has 1 aliphatic rings. The Morgan fingerprint density at radius 2 is 2.14 bits per heavy atom. The lowest BCUT2D eigenvalue weighted by Crippen LogP contribution is -2.36. The largest absolute Gasteiger partial charge is 0.480 e. The number of amides is 1. The van der Waals surface area contributed by atoms with Crippen molar-refractivity contribution in [2.24, 2.45) is 0 Å². The van der Waals surface area contributed by atoms with Gasteiger partial charge in [-0.15, -0.1) is 0 Å². The van der Waals surface area contributed by atoms with Gasteiger partial charge in [0.2, 0.25) is 0 Å². The summed E-state index contributed by atoms with van der Waals surface area (Å²) in [6.07, 6.45) is 1.76. The molecule has 2 rings (SSSR count). The maximum atomic E-state index is 11.8. The SMILES string of the molecule is COC1CC(C(=O)O)N(c2ccc(C(=O)N(C)C)cn2)C1. The molecule has 1 aromatic rings. The molecule has 2 unspecified atom stereocenters. The number of anilines is 1. The van der Waals surface area contributed by atoms with Gasteiger partial charge in [-0.2, -0.15) is 0 Å². The fraction of sp³-hybridized carbons (Fsp3) is 0.500. The van der Waals surface area contributed by atoms with Crippen molar-refractivity contribution in [1.29, 1.82) is 0 Å². The average Bonchev–Trinajstić information content (AvgIpc) is 2.91. The molecule has 21 heavy (non-hydrogen) atoms. The van der Waals surface area contributed by atoms with Crippen LogP contribution in [0, 0.1) is 0 Å². The number of pyridine rings is 1. The summed E-state index contributed by atoms with van der Waals surface area (Å²) in [6, 6.07) is 2.67. The minimum Gasteiger partial charge on any atom is -0.480 e. The smallest absolute Gasteiger partial charge is 0.326 e. The minimum atomic E-state index is -0.898. The van der Waals surface area contributed by atoms with Crippen LogP contribution in [0.4, 0.5) is 5.82 Å². The van der Waals surface area contributed by atoms with Gasteiger partial charge in [0.1, 0.15) is 11.9 Å². The van der Waals surface area contributed by atoms with Crippen LogP contribution >= 0.6 is 0 Å². The van der Waals surface area contributed by atoms with Crippen molar-refractivity contribution < 1.29 is 19.4 Å². The summed E-state index contributed by atoms with van der Waals surface area (Å²) >= 11 is 0. The molecule has 1 saturated heterocycles. The number of carboxylic acids is 1. The maximum absolute atomic E-state index is 11.8. The number of nitrogens with zero attached hydrogens (tertiary/aromatic N) is 3. The molecule has 7 nitrogen and oxygen atoms in total. The van der Waals surface area contributed by atoms with Crippen molar-refractivity contribution in [2.75, 3.05) is 32.6 Å². The second kappa shape index (κ2) is 6.09. The average molecular weight is 293 g/mol. The van der Waals surface area contributed by atoms with Crippen molar-refractivity contribution >= 4 is 17.7 Å². The summed E-state index contributed by atoms with van der Waals surface area (Å²) in [6.45, 7) is 0.474. The fourth-order valence-electron chi connectivity index (χ4n) is 2.40. The Morgan fingerprint density at radius 3 is 2.62 bits per heavy atom. The highest BCUT2D eigenvalue weighted by molar-refractivity contribution is 5.93. The quantitative estimate of drug-likeness (QED) is 0.868. The van der Waals surface area contributed by atoms with Crippen LogP contribution in [0.25, 0.3) is 0 Å². The van der Waals surface area contributed by atoms with Gasteiger partial charge < -0.3 is 19.6 Å². The second-order valence-electron chi connectivity index (χ2n) is 5.20. The van der Waals surface area contributed by atoms with Gasteiger partial charge in [0.05, 0.1) is 11.7 Å². The lowest BCUT2D eigenvalue weighted by Gasteiger charge is -2.22. The normalized spacial score (nSPS) is 21.4. The lowest BCUT2D eigenvalue weighted by molar-refractivity contribution is -0.138. The van der Waals surface area contributed by atoms with Crippen molar-refractivity contribution in [1.82, 2.24) is 9.88 Å². The van der Waals surface area contributed by atoms with Crippen molar-refractivity contribution in [2.45, 2.75) is 18.6 Å². The number of aliphatic carboxylic acids is 1. The van der Waals surface area contributed by atoms with E-state index in [1.807, 2.05) is 0 Å². The number of rotatable bonds is 4. The van der Waals surface area contributed by atoms with Crippen LogP contribution in [-0.2, 0) is 9.53 Å². The zero-order valence-corrected chi connectivity index (χ0v) is 12.3. The molecule has 7 heteroatoms. The Morgan fingerprint density at radius 1 is 1.43 bits per heavy atom. The van der Waals surface area contributed by atoms with E-state index in [1.54, 1.807) is 38.2 Å². The minimum absolute atomic E-state index is 0.129. The number of carbonyl (C=O) groups is 2. The molecule has 0 aliphatic carbocycles. The first kappa shape index (κ1) is 15.2. The van der Waals surface area contributed by atoms with Crippen LogP contribution in [0.1, 0.15) is 16.8 Å². The third-order valence-electron chi connectivity index (χ3n) is 3.58. The van der Waals surface area contributed by atoms with E-state index in [9.17, 15) is 14.7 Å². The number of ether oxygens (including phenoxy) is 1. The Kier molecular flexibility index (Phi) is 4.42. The van der Waals surface area contributed by atoms with Gasteiger partial charge in [-0.05, 0) is 12.1 Å². The van der Waals surface area contributed by atoms with Crippen LogP contribution < -0.4 is 4.90 Å². The molecule has 1 aromatic heterocycles. The van der Waals surface area contributed by atoms with Crippen LogP contribution in [0.15, 0.2) is 18.3 Å². The highest BCUT2D eigenvalue weighted by Gasteiger charge is 2.37. The van der Waals surface area contributed by atoms with E-state index in [2.05, 4.69) is 4.98 Å². The van der Waals surface area contributed by atoms with E-state index in [-0.39, 0.29) is 12.0 Å². The van der Waals surface area contributed by atoms with Crippen LogP contribution in [0.2, 0.25) is 0 Å². The van der Waals surface area contributed by atoms with E-state index < -0.39 is 12.0 Å². The predicted octanol–water partition coefficient (Wildman–Crippen LogP) is 0.462. The summed E-state index contributed by atoms with van der Waals surface area (Å²) in [5.74, 6) is -0.498. The summed E-state index contributed by atoms with van der Waals surface area (Å²) < 4.78 is 5.24. The van der Waals surface area contributed by atoms with E-state index in [4.69, 9.17) is 4.74 Å². The third kappa shape index (κ3) is 3.13. The Balaban J connectivity index is 2.21. The fourth-order valence-corrected chi connectivity index (χ4v) is 2.40. The third-order valence-corrected chi connectivity index (χ3v) is 3.58. The predicted molar refractivity (Wildman–Crippen MR) is 76.4 cm³/mol. The Labute approximate surface area is 123 Å². The summed E-state index contributed by atoms with van der Waals surface area (Å²) in [5.41, 5.74) is 0.470. The standard InChI is InChI=1S/C14H19N3O4/c1-16(2)13(18)9-4-5-12(15-7-9)17-8-10(21-3)6-11(17)14(19)20/h4-5,7,10-11H,6,8H2,1-3H3,(H,19,20). The molecular weight excluding hydrogens is 274 g/mol. The molecular formula is C14H19N3O4. The summed E-state index contributed by atoms with van der Waals surface area (Å²) in [7, 11) is 4.90. The van der Waals surface area contributed by atoms with E-state index >= 15 is 0 Å². The van der Waals surface area contributed by atoms with E-state index in [1.165, 1.54) is 11.1 Å². The number of hydrogen-bond donors (Lipinski definition) is 1. The van der Waals surface area contributed by atoms with Crippen LogP contribution in [-0.4, -0.2) is 66.8 Å². The van der Waals surface area contributed by atoms with E-state index in [0.29, 0.717) is 24.3 Å². The zero-order valence-electron chi connectivity index (χ0n) is 12.3. The van der Waals surface area contributed by atoms with Gasteiger partial charge in [0, 0.05) is 40.4 Å². The van der Waals surface area contributed by atoms with Gasteiger partial charge in [-0.3, -0.25) is 4.79 Å². The Bertz CT molecular complexity index is 530. The summed E-state index contributed by atoms with van der Waals surface area (Å²) in [5, 5.41) is 9.29. The molecule has 0 bridgehead atoms. The first-order valence-corrected chi connectivity index (χ1v) is 6.64.